The first-order valence-corrected chi connectivity index (χ1v) is 12.2. The largest absolute Gasteiger partial charge is 0.456 e. The van der Waals surface area contributed by atoms with Crippen LogP contribution in [-0.2, 0) is 0 Å². The lowest BCUT2D eigenvalue weighted by atomic mass is 9.97. The van der Waals surface area contributed by atoms with Crippen LogP contribution in [0.4, 0.5) is 0 Å². The molecule has 8 rings (SSSR count). The Hall–Kier alpha value is -4.89. The fraction of sp³-hybridized carbons (Fsp3) is 0. The van der Waals surface area contributed by atoms with E-state index < -0.39 is 0 Å². The van der Waals surface area contributed by atoms with Crippen molar-refractivity contribution in [1.82, 2.24) is 9.55 Å². The molecule has 8 aromatic rings. The normalized spacial score (nSPS) is 11.9. The molecule has 0 N–H and O–H groups in total. The molecule has 0 aliphatic heterocycles. The molecule has 0 radical (unpaired) electrons. The molecule has 3 heteroatoms. The lowest BCUT2D eigenvalue weighted by molar-refractivity contribution is 0.664. The predicted octanol–water partition coefficient (Wildman–Crippen LogP) is 8.90. The molecule has 36 heavy (non-hydrogen) atoms. The summed E-state index contributed by atoms with van der Waals surface area (Å²) in [6.07, 6.45) is 0. The van der Waals surface area contributed by atoms with Crippen LogP contribution in [0.3, 0.4) is 0 Å². The van der Waals surface area contributed by atoms with E-state index in [1.54, 1.807) is 0 Å². The lowest BCUT2D eigenvalue weighted by Crippen LogP contribution is -1.98. The highest BCUT2D eigenvalue weighted by Gasteiger charge is 2.19. The number of aromatic nitrogens is 2. The molecule has 0 saturated heterocycles. The molecule has 0 aliphatic carbocycles. The van der Waals surface area contributed by atoms with E-state index in [1.165, 1.54) is 16.2 Å². The van der Waals surface area contributed by atoms with Crippen molar-refractivity contribution in [3.63, 3.8) is 0 Å². The van der Waals surface area contributed by atoms with Gasteiger partial charge < -0.3 is 4.42 Å². The topological polar surface area (TPSA) is 31.0 Å². The summed E-state index contributed by atoms with van der Waals surface area (Å²) in [5.74, 6) is 0.922. The fourth-order valence-corrected chi connectivity index (χ4v) is 5.66. The minimum absolute atomic E-state index is 0.871. The van der Waals surface area contributed by atoms with Crippen LogP contribution in [0.25, 0.3) is 71.6 Å². The summed E-state index contributed by atoms with van der Waals surface area (Å²) < 4.78 is 8.84. The molecule has 168 valence electrons. The Morgan fingerprint density at radius 2 is 1.22 bits per heavy atom. The number of para-hydroxylation sites is 3. The van der Waals surface area contributed by atoms with E-state index in [2.05, 4.69) is 114 Å². The van der Waals surface area contributed by atoms with E-state index in [0.717, 1.165) is 55.4 Å². The summed E-state index contributed by atoms with van der Waals surface area (Å²) in [6.45, 7) is 0. The van der Waals surface area contributed by atoms with Gasteiger partial charge in [-0.25, -0.2) is 4.98 Å². The second kappa shape index (κ2) is 7.30. The van der Waals surface area contributed by atoms with Crippen molar-refractivity contribution in [3.05, 3.63) is 121 Å². The summed E-state index contributed by atoms with van der Waals surface area (Å²) in [4.78, 5) is 5.14. The Labute approximate surface area is 206 Å². The van der Waals surface area contributed by atoms with Gasteiger partial charge in [-0.15, -0.1) is 0 Å². The Bertz CT molecular complexity index is 2090. The molecule has 2 aromatic heterocycles. The molecular weight excluding hydrogens is 440 g/mol. The number of rotatable bonds is 2. The van der Waals surface area contributed by atoms with E-state index in [9.17, 15) is 0 Å². The average molecular weight is 461 g/mol. The van der Waals surface area contributed by atoms with Gasteiger partial charge in [0.15, 0.2) is 0 Å². The van der Waals surface area contributed by atoms with Crippen LogP contribution in [0.2, 0.25) is 0 Å². The Morgan fingerprint density at radius 3 is 2.11 bits per heavy atom. The van der Waals surface area contributed by atoms with Crippen molar-refractivity contribution in [2.24, 2.45) is 0 Å². The Morgan fingerprint density at radius 1 is 0.528 bits per heavy atom. The first-order valence-electron chi connectivity index (χ1n) is 12.2. The van der Waals surface area contributed by atoms with Crippen molar-refractivity contribution in [3.8, 4) is 17.1 Å². The molecule has 0 unspecified atom stereocenters. The second-order valence-electron chi connectivity index (χ2n) is 9.20. The zero-order chi connectivity index (χ0) is 23.6. The SMILES string of the molecule is c1ccc(-n2c(-c3ccc4oc5cccc6cccc(c7cccc3c47)c65)nc3ccccc32)cc1. The van der Waals surface area contributed by atoms with Crippen LogP contribution in [-0.4, -0.2) is 9.55 Å². The van der Waals surface area contributed by atoms with E-state index in [-0.39, 0.29) is 0 Å². The van der Waals surface area contributed by atoms with Crippen LogP contribution in [0.1, 0.15) is 0 Å². The van der Waals surface area contributed by atoms with Crippen molar-refractivity contribution in [2.45, 2.75) is 0 Å². The monoisotopic (exact) mass is 460 g/mol. The van der Waals surface area contributed by atoms with Gasteiger partial charge in [0.25, 0.3) is 0 Å². The second-order valence-corrected chi connectivity index (χ2v) is 9.20. The fourth-order valence-electron chi connectivity index (χ4n) is 5.66. The van der Waals surface area contributed by atoms with E-state index in [0.29, 0.717) is 0 Å². The Balaban J connectivity index is 1.56. The zero-order valence-electron chi connectivity index (χ0n) is 19.3. The molecule has 0 spiro atoms. The van der Waals surface area contributed by atoms with Gasteiger partial charge in [0.1, 0.15) is 17.0 Å². The smallest absolute Gasteiger partial charge is 0.146 e. The molecule has 3 nitrogen and oxygen atoms in total. The van der Waals surface area contributed by atoms with Gasteiger partial charge >= 0.3 is 0 Å². The van der Waals surface area contributed by atoms with Crippen molar-refractivity contribution in [2.75, 3.05) is 0 Å². The van der Waals surface area contributed by atoms with Crippen LogP contribution in [0.5, 0.6) is 0 Å². The van der Waals surface area contributed by atoms with Crippen LogP contribution in [0.15, 0.2) is 126 Å². The molecule has 0 saturated carbocycles. The van der Waals surface area contributed by atoms with Gasteiger partial charge in [-0.3, -0.25) is 4.57 Å². The van der Waals surface area contributed by atoms with Crippen molar-refractivity contribution >= 4 is 54.5 Å². The van der Waals surface area contributed by atoms with Crippen molar-refractivity contribution in [1.29, 1.82) is 0 Å². The third-order valence-corrected chi connectivity index (χ3v) is 7.20. The Kier molecular flexibility index (Phi) is 3.94. The summed E-state index contributed by atoms with van der Waals surface area (Å²) in [7, 11) is 0. The summed E-state index contributed by atoms with van der Waals surface area (Å²) in [6, 6.07) is 42.3. The maximum Gasteiger partial charge on any atom is 0.146 e. The molecular formula is C33H20N2O. The molecule has 6 aromatic carbocycles. The summed E-state index contributed by atoms with van der Waals surface area (Å²) in [5, 5.41) is 6.96. The van der Waals surface area contributed by atoms with Gasteiger partial charge in [-0.2, -0.15) is 0 Å². The standard InChI is InChI=1S/C33H20N2O/c1-2-11-22(12-3-1)35-28-17-5-4-16-27(28)34-33(35)26-19-20-30-32-24(14-8-15-25(26)32)23-13-6-9-21-10-7-18-29(36-30)31(21)23/h1-20H. The zero-order valence-corrected chi connectivity index (χ0v) is 19.3. The van der Waals surface area contributed by atoms with Crippen LogP contribution >= 0.6 is 0 Å². The van der Waals surface area contributed by atoms with E-state index >= 15 is 0 Å². The maximum atomic E-state index is 6.58. The highest BCUT2D eigenvalue weighted by atomic mass is 16.3. The van der Waals surface area contributed by atoms with Crippen LogP contribution < -0.4 is 0 Å². The molecule has 0 atom stereocenters. The first kappa shape index (κ1) is 19.4. The number of fused-ring (bicyclic) bond motifs is 2. The third-order valence-electron chi connectivity index (χ3n) is 7.20. The first-order chi connectivity index (χ1) is 17.9. The number of benzene rings is 6. The molecule has 0 amide bonds. The molecule has 2 heterocycles. The lowest BCUT2D eigenvalue weighted by Gasteiger charge is -2.12. The van der Waals surface area contributed by atoms with Gasteiger partial charge in [-0.05, 0) is 64.0 Å². The van der Waals surface area contributed by atoms with Gasteiger partial charge in [0.2, 0.25) is 0 Å². The van der Waals surface area contributed by atoms with Crippen molar-refractivity contribution < 1.29 is 4.42 Å². The maximum absolute atomic E-state index is 6.58. The van der Waals surface area contributed by atoms with Gasteiger partial charge in [0.05, 0.1) is 11.0 Å². The molecule has 0 bridgehead atoms. The minimum Gasteiger partial charge on any atom is -0.456 e. The highest BCUT2D eigenvalue weighted by Crippen LogP contribution is 2.40. The molecule has 0 aliphatic rings. The quantitative estimate of drug-likeness (QED) is 0.258. The summed E-state index contributed by atoms with van der Waals surface area (Å²) >= 11 is 0. The highest BCUT2D eigenvalue weighted by molar-refractivity contribution is 6.24. The minimum atomic E-state index is 0.871. The number of hydrogen-bond donors (Lipinski definition) is 0. The summed E-state index contributed by atoms with van der Waals surface area (Å²) in [5.41, 5.74) is 6.00. The molecule has 0 fully saturated rings. The van der Waals surface area contributed by atoms with E-state index in [4.69, 9.17) is 9.40 Å². The number of nitrogens with zero attached hydrogens (tertiary/aromatic N) is 2. The van der Waals surface area contributed by atoms with Gasteiger partial charge in [0, 0.05) is 22.0 Å². The predicted molar refractivity (Wildman–Crippen MR) is 149 cm³/mol. The van der Waals surface area contributed by atoms with Gasteiger partial charge in [-0.1, -0.05) is 78.9 Å². The van der Waals surface area contributed by atoms with E-state index in [1.807, 2.05) is 12.1 Å². The van der Waals surface area contributed by atoms with Crippen LogP contribution in [0, 0.1) is 0 Å². The number of hydrogen-bond acceptors (Lipinski definition) is 2. The average Bonchev–Trinajstić information content (AvgIpc) is 3.26. The number of imidazole rings is 1. The third kappa shape index (κ3) is 2.65.